The van der Waals surface area contributed by atoms with Gasteiger partial charge in [0.15, 0.2) is 0 Å². The van der Waals surface area contributed by atoms with Gasteiger partial charge in [0.25, 0.3) is 0 Å². The Hall–Kier alpha value is -2.91. The van der Waals surface area contributed by atoms with Crippen LogP contribution in [0.3, 0.4) is 0 Å². The average Bonchev–Trinajstić information content (AvgIpc) is 2.83. The van der Waals surface area contributed by atoms with E-state index in [1.807, 2.05) is 30.3 Å². The maximum absolute atomic E-state index is 12.7. The number of para-hydroxylation sites is 1. The van der Waals surface area contributed by atoms with Crippen LogP contribution >= 0.6 is 0 Å². The number of anilines is 1. The number of carbonyl (C=O) groups excluding carboxylic acids is 2. The normalized spacial score (nSPS) is 14.7. The lowest BCUT2D eigenvalue weighted by Gasteiger charge is -2.34. The average molecular weight is 459 g/mol. The molecule has 2 N–H and O–H groups in total. The lowest BCUT2D eigenvalue weighted by molar-refractivity contribution is -0.134. The summed E-state index contributed by atoms with van der Waals surface area (Å²) in [6.45, 7) is 2.46. The van der Waals surface area contributed by atoms with Crippen molar-refractivity contribution in [1.29, 1.82) is 0 Å². The fourth-order valence-corrected chi connectivity index (χ4v) is 4.93. The minimum absolute atomic E-state index is 0.123. The fraction of sp³-hybridized carbons (Fsp3) is 0.391. The third kappa shape index (κ3) is 6.80. The molecule has 0 saturated carbocycles. The number of hydrogen-bond donors (Lipinski definition) is 2. The molecule has 32 heavy (non-hydrogen) atoms. The first-order valence-electron chi connectivity index (χ1n) is 10.9. The summed E-state index contributed by atoms with van der Waals surface area (Å²) in [6, 6.07) is 18.2. The summed E-state index contributed by atoms with van der Waals surface area (Å²) >= 11 is 0. The second-order valence-corrected chi connectivity index (χ2v) is 9.53. The molecule has 2 aromatic carbocycles. The Morgan fingerprint density at radius 3 is 2.09 bits per heavy atom. The molecule has 1 aliphatic heterocycles. The van der Waals surface area contributed by atoms with E-state index in [1.54, 1.807) is 35.2 Å². The molecule has 0 radical (unpaired) electrons. The van der Waals surface area contributed by atoms with Crippen LogP contribution in [0.25, 0.3) is 0 Å². The quantitative estimate of drug-likeness (QED) is 0.530. The van der Waals surface area contributed by atoms with E-state index in [0.29, 0.717) is 19.6 Å². The van der Waals surface area contributed by atoms with Crippen molar-refractivity contribution in [2.75, 3.05) is 44.6 Å². The maximum atomic E-state index is 12.7. The van der Waals surface area contributed by atoms with Gasteiger partial charge in [-0.2, -0.15) is 4.31 Å². The zero-order valence-corrected chi connectivity index (χ0v) is 18.9. The van der Waals surface area contributed by atoms with Crippen LogP contribution in [0, 0.1) is 0 Å². The predicted molar refractivity (Wildman–Crippen MR) is 124 cm³/mol. The summed E-state index contributed by atoms with van der Waals surface area (Å²) in [5.74, 6) is -0.272. The molecule has 2 amide bonds. The van der Waals surface area contributed by atoms with Crippen LogP contribution in [-0.2, 0) is 19.6 Å². The molecule has 0 aromatic heterocycles. The summed E-state index contributed by atoms with van der Waals surface area (Å²) in [6.07, 6.45) is 1.04. The molecule has 0 unspecified atom stereocenters. The van der Waals surface area contributed by atoms with Crippen LogP contribution in [-0.4, -0.2) is 68.7 Å². The van der Waals surface area contributed by atoms with Crippen molar-refractivity contribution in [3.8, 4) is 0 Å². The van der Waals surface area contributed by atoms with Gasteiger partial charge < -0.3 is 15.5 Å². The Morgan fingerprint density at radius 2 is 1.44 bits per heavy atom. The van der Waals surface area contributed by atoms with Crippen LogP contribution in [0.4, 0.5) is 5.69 Å². The number of benzene rings is 2. The number of carbonyl (C=O) groups is 2. The second-order valence-electron chi connectivity index (χ2n) is 7.59. The smallest absolute Gasteiger partial charge is 0.243 e. The van der Waals surface area contributed by atoms with Crippen molar-refractivity contribution < 1.29 is 18.0 Å². The standard InChI is InChI=1S/C23H30N4O4S/c28-22(25-15-7-14-24-20-8-3-1-4-9-20)12-13-23(29)26-16-18-27(19-17-26)32(30,31)21-10-5-2-6-11-21/h1-6,8-11,24H,7,12-19H2,(H,25,28). The molecule has 2 aromatic rings. The van der Waals surface area contributed by atoms with Gasteiger partial charge >= 0.3 is 0 Å². The Bertz CT molecular complexity index is 976. The van der Waals surface area contributed by atoms with Gasteiger partial charge in [0.1, 0.15) is 0 Å². The number of piperazine rings is 1. The summed E-state index contributed by atoms with van der Waals surface area (Å²) < 4.78 is 26.7. The van der Waals surface area contributed by atoms with Crippen LogP contribution in [0.5, 0.6) is 0 Å². The number of amides is 2. The zero-order valence-electron chi connectivity index (χ0n) is 18.1. The van der Waals surface area contributed by atoms with Crippen molar-refractivity contribution in [3.63, 3.8) is 0 Å². The van der Waals surface area contributed by atoms with Crippen molar-refractivity contribution >= 4 is 27.5 Å². The van der Waals surface area contributed by atoms with Crippen LogP contribution in [0.15, 0.2) is 65.6 Å². The van der Waals surface area contributed by atoms with Gasteiger partial charge in [0, 0.05) is 57.8 Å². The summed E-state index contributed by atoms with van der Waals surface area (Å²) in [7, 11) is -3.54. The lowest BCUT2D eigenvalue weighted by Crippen LogP contribution is -2.50. The molecule has 3 rings (SSSR count). The summed E-state index contributed by atoms with van der Waals surface area (Å²) in [5.41, 5.74) is 1.04. The number of rotatable bonds is 10. The molecule has 1 fully saturated rings. The number of nitrogens with one attached hydrogen (secondary N) is 2. The highest BCUT2D eigenvalue weighted by molar-refractivity contribution is 7.89. The Morgan fingerprint density at radius 1 is 0.812 bits per heavy atom. The molecule has 8 nitrogen and oxygen atoms in total. The third-order valence-corrected chi connectivity index (χ3v) is 7.23. The van der Waals surface area contributed by atoms with Gasteiger partial charge in [-0.1, -0.05) is 36.4 Å². The second kappa shape index (κ2) is 11.6. The minimum atomic E-state index is -3.54. The van der Waals surface area contributed by atoms with E-state index in [4.69, 9.17) is 0 Å². The minimum Gasteiger partial charge on any atom is -0.385 e. The van der Waals surface area contributed by atoms with Gasteiger partial charge in [-0.25, -0.2) is 8.42 Å². The van der Waals surface area contributed by atoms with E-state index in [2.05, 4.69) is 10.6 Å². The van der Waals surface area contributed by atoms with E-state index in [-0.39, 0.29) is 42.6 Å². The largest absolute Gasteiger partial charge is 0.385 e. The Balaban J connectivity index is 1.31. The molecule has 1 aliphatic rings. The fourth-order valence-electron chi connectivity index (χ4n) is 3.49. The van der Waals surface area contributed by atoms with E-state index < -0.39 is 10.0 Å². The SMILES string of the molecule is O=C(CCC(=O)N1CCN(S(=O)(=O)c2ccccc2)CC1)NCCCNc1ccccc1. The highest BCUT2D eigenvalue weighted by Crippen LogP contribution is 2.17. The van der Waals surface area contributed by atoms with Crippen LogP contribution < -0.4 is 10.6 Å². The van der Waals surface area contributed by atoms with E-state index in [9.17, 15) is 18.0 Å². The number of sulfonamides is 1. The first kappa shape index (κ1) is 23.7. The van der Waals surface area contributed by atoms with E-state index in [1.165, 1.54) is 4.31 Å². The highest BCUT2D eigenvalue weighted by Gasteiger charge is 2.29. The molecular weight excluding hydrogens is 428 g/mol. The van der Waals surface area contributed by atoms with E-state index >= 15 is 0 Å². The van der Waals surface area contributed by atoms with Crippen molar-refractivity contribution in [2.45, 2.75) is 24.2 Å². The van der Waals surface area contributed by atoms with Crippen molar-refractivity contribution in [1.82, 2.24) is 14.5 Å². The molecule has 0 spiro atoms. The van der Waals surface area contributed by atoms with Gasteiger partial charge in [0.2, 0.25) is 21.8 Å². The molecule has 1 saturated heterocycles. The lowest BCUT2D eigenvalue weighted by atomic mass is 10.2. The maximum Gasteiger partial charge on any atom is 0.243 e. The topological polar surface area (TPSA) is 98.8 Å². The first-order chi connectivity index (χ1) is 15.5. The van der Waals surface area contributed by atoms with Crippen LogP contribution in [0.1, 0.15) is 19.3 Å². The highest BCUT2D eigenvalue weighted by atomic mass is 32.2. The summed E-state index contributed by atoms with van der Waals surface area (Å²) in [5, 5.41) is 6.11. The van der Waals surface area contributed by atoms with Gasteiger partial charge in [-0.3, -0.25) is 9.59 Å². The predicted octanol–water partition coefficient (Wildman–Crippen LogP) is 1.92. The number of hydrogen-bond acceptors (Lipinski definition) is 5. The zero-order chi connectivity index (χ0) is 22.8. The van der Waals surface area contributed by atoms with Gasteiger partial charge in [-0.15, -0.1) is 0 Å². The monoisotopic (exact) mass is 458 g/mol. The van der Waals surface area contributed by atoms with Gasteiger partial charge in [0.05, 0.1) is 4.90 Å². The molecular formula is C23H30N4O4S. The third-order valence-electron chi connectivity index (χ3n) is 5.32. The molecule has 9 heteroatoms. The molecule has 1 heterocycles. The molecule has 0 bridgehead atoms. The first-order valence-corrected chi connectivity index (χ1v) is 12.3. The van der Waals surface area contributed by atoms with Crippen molar-refractivity contribution in [3.05, 3.63) is 60.7 Å². The van der Waals surface area contributed by atoms with Crippen LogP contribution in [0.2, 0.25) is 0 Å². The molecule has 172 valence electrons. The van der Waals surface area contributed by atoms with Gasteiger partial charge in [-0.05, 0) is 30.7 Å². The molecule has 0 aliphatic carbocycles. The Labute approximate surface area is 189 Å². The number of nitrogens with zero attached hydrogens (tertiary/aromatic N) is 2. The Kier molecular flexibility index (Phi) is 8.64. The summed E-state index contributed by atoms with van der Waals surface area (Å²) in [4.78, 5) is 26.3. The van der Waals surface area contributed by atoms with Crippen molar-refractivity contribution in [2.24, 2.45) is 0 Å². The van der Waals surface area contributed by atoms with E-state index in [0.717, 1.165) is 18.7 Å². The molecule has 0 atom stereocenters.